The number of nitrogens with zero attached hydrogens (tertiary/aromatic N) is 4. The minimum absolute atomic E-state index is 0.109. The number of carbonyl (C=O) groups is 1. The van der Waals surface area contributed by atoms with Crippen molar-refractivity contribution >= 4 is 27.0 Å². The van der Waals surface area contributed by atoms with E-state index >= 15 is 0 Å². The van der Waals surface area contributed by atoms with E-state index in [2.05, 4.69) is 9.97 Å². The molecule has 3 aliphatic heterocycles. The summed E-state index contributed by atoms with van der Waals surface area (Å²) in [6.07, 6.45) is -1.40. The van der Waals surface area contributed by atoms with Gasteiger partial charge in [-0.3, -0.25) is 4.79 Å². The van der Waals surface area contributed by atoms with Gasteiger partial charge in [0.05, 0.1) is 0 Å². The summed E-state index contributed by atoms with van der Waals surface area (Å²) in [4.78, 5) is 23.1. The maximum absolute atomic E-state index is 13.2. The molecule has 3 aromatic rings. The molecule has 182 valence electrons. The topological polar surface area (TPSA) is 135 Å². The molecule has 5 heterocycles. The quantitative estimate of drug-likeness (QED) is 0.526. The van der Waals surface area contributed by atoms with Gasteiger partial charge in [-0.2, -0.15) is 9.29 Å². The first-order chi connectivity index (χ1) is 16.8. The number of oxazole rings is 1. The summed E-state index contributed by atoms with van der Waals surface area (Å²) < 4.78 is 44.1. The Kier molecular flexibility index (Phi) is 5.06. The molecule has 0 bridgehead atoms. The number of amides is 1. The molecule has 35 heavy (non-hydrogen) atoms. The number of pyridine rings is 1. The van der Waals surface area contributed by atoms with Gasteiger partial charge in [0.15, 0.2) is 28.4 Å². The fraction of sp³-hybridized carbons (Fsp3) is 0.348. The summed E-state index contributed by atoms with van der Waals surface area (Å²) in [5.74, 6) is 0.569. The van der Waals surface area contributed by atoms with Gasteiger partial charge in [-0.1, -0.05) is 12.1 Å². The van der Waals surface area contributed by atoms with Crippen molar-refractivity contribution in [1.29, 1.82) is 0 Å². The summed E-state index contributed by atoms with van der Waals surface area (Å²) in [6.45, 7) is 3.22. The third-order valence-electron chi connectivity index (χ3n) is 6.38. The second-order valence-corrected chi connectivity index (χ2v) is 10.5. The highest BCUT2D eigenvalue weighted by molar-refractivity contribution is 7.89. The number of aryl methyl sites for hydroxylation is 1. The molecule has 12 heteroatoms. The van der Waals surface area contributed by atoms with Crippen LogP contribution in [0.2, 0.25) is 0 Å². The lowest BCUT2D eigenvalue weighted by Crippen LogP contribution is -2.38. The lowest BCUT2D eigenvalue weighted by Gasteiger charge is -2.25. The van der Waals surface area contributed by atoms with Crippen LogP contribution in [-0.2, 0) is 14.8 Å². The van der Waals surface area contributed by atoms with Gasteiger partial charge < -0.3 is 23.9 Å². The van der Waals surface area contributed by atoms with Gasteiger partial charge in [-0.25, -0.2) is 13.4 Å². The molecule has 2 aromatic heterocycles. The second-order valence-electron chi connectivity index (χ2n) is 8.65. The maximum Gasteiger partial charge on any atom is 0.261 e. The van der Waals surface area contributed by atoms with E-state index in [1.54, 1.807) is 31.2 Å². The Balaban J connectivity index is 1.15. The van der Waals surface area contributed by atoms with Gasteiger partial charge in [-0.05, 0) is 29.3 Å². The van der Waals surface area contributed by atoms with Crippen LogP contribution in [0.5, 0.6) is 11.6 Å². The molecule has 0 aliphatic carbocycles. The maximum atomic E-state index is 13.2. The zero-order valence-electron chi connectivity index (χ0n) is 18.8. The highest BCUT2D eigenvalue weighted by atomic mass is 32.2. The Morgan fingerprint density at radius 2 is 1.77 bits per heavy atom. The molecule has 0 saturated carbocycles. The van der Waals surface area contributed by atoms with Gasteiger partial charge in [0.2, 0.25) is 0 Å². The summed E-state index contributed by atoms with van der Waals surface area (Å²) in [7, 11) is -3.86. The number of carbonyl (C=O) groups excluding carboxylic acids is 1. The van der Waals surface area contributed by atoms with Crippen molar-refractivity contribution < 1.29 is 32.2 Å². The van der Waals surface area contributed by atoms with Gasteiger partial charge in [0.1, 0.15) is 18.7 Å². The molecule has 1 atom stereocenters. The predicted molar refractivity (Wildman–Crippen MR) is 121 cm³/mol. The summed E-state index contributed by atoms with van der Waals surface area (Å²) >= 11 is 0. The van der Waals surface area contributed by atoms with Gasteiger partial charge in [-0.15, -0.1) is 0 Å². The SMILES string of the molecule is Cc1nc2c([C@H](O)C(=O)N3CC4=C(C3)CN(S(=O)(=O)c3ccc5c(n3)OCCO5)C4)cccc2o1. The first-order valence-corrected chi connectivity index (χ1v) is 12.5. The first-order valence-electron chi connectivity index (χ1n) is 11.1. The molecule has 0 spiro atoms. The van der Waals surface area contributed by atoms with Crippen LogP contribution in [0.4, 0.5) is 0 Å². The van der Waals surface area contributed by atoms with E-state index in [0.717, 1.165) is 11.1 Å². The van der Waals surface area contributed by atoms with Crippen LogP contribution in [-0.4, -0.2) is 78.0 Å². The van der Waals surface area contributed by atoms with Gasteiger partial charge >= 0.3 is 0 Å². The molecule has 0 unspecified atom stereocenters. The largest absolute Gasteiger partial charge is 0.484 e. The number of aliphatic hydroxyl groups excluding tert-OH is 1. The Bertz CT molecular complexity index is 1480. The van der Waals surface area contributed by atoms with Crippen molar-refractivity contribution in [1.82, 2.24) is 19.2 Å². The van der Waals surface area contributed by atoms with Crippen molar-refractivity contribution in [3.05, 3.63) is 52.9 Å². The van der Waals surface area contributed by atoms with Gasteiger partial charge in [0, 0.05) is 38.7 Å². The van der Waals surface area contributed by atoms with Gasteiger partial charge in [0.25, 0.3) is 21.8 Å². The van der Waals surface area contributed by atoms with Crippen LogP contribution in [0.3, 0.4) is 0 Å². The van der Waals surface area contributed by atoms with E-state index in [1.807, 2.05) is 0 Å². The number of para-hydroxylation sites is 1. The Labute approximate surface area is 200 Å². The molecule has 6 rings (SSSR count). The number of sulfonamides is 1. The second kappa shape index (κ2) is 8.04. The van der Waals surface area contributed by atoms with Crippen LogP contribution >= 0.6 is 0 Å². The number of aromatic nitrogens is 2. The van der Waals surface area contributed by atoms with Crippen molar-refractivity contribution in [2.45, 2.75) is 18.1 Å². The summed E-state index contributed by atoms with van der Waals surface area (Å²) in [6, 6.07) is 8.04. The molecule has 0 saturated heterocycles. The number of hydrogen-bond acceptors (Lipinski definition) is 9. The average Bonchev–Trinajstić information content (AvgIpc) is 3.55. The Hall–Kier alpha value is -3.48. The molecule has 1 aromatic carbocycles. The van der Waals surface area contributed by atoms with Crippen LogP contribution in [0.25, 0.3) is 11.1 Å². The normalized spacial score (nSPS) is 18.9. The first kappa shape index (κ1) is 22.0. The highest BCUT2D eigenvalue weighted by Gasteiger charge is 2.40. The Morgan fingerprint density at radius 3 is 2.54 bits per heavy atom. The number of rotatable bonds is 4. The average molecular weight is 499 g/mol. The molecule has 1 N–H and O–H groups in total. The number of fused-ring (bicyclic) bond motifs is 2. The van der Waals surface area contributed by atoms with Crippen molar-refractivity contribution in [3.63, 3.8) is 0 Å². The number of benzene rings is 1. The molecule has 3 aliphatic rings. The lowest BCUT2D eigenvalue weighted by atomic mass is 10.1. The monoisotopic (exact) mass is 498 g/mol. The Morgan fingerprint density at radius 1 is 1.03 bits per heavy atom. The van der Waals surface area contributed by atoms with Crippen molar-refractivity contribution in [2.24, 2.45) is 0 Å². The smallest absolute Gasteiger partial charge is 0.261 e. The predicted octanol–water partition coefficient (Wildman–Crippen LogP) is 1.18. The number of ether oxygens (including phenoxy) is 2. The molecule has 0 radical (unpaired) electrons. The van der Waals surface area contributed by atoms with E-state index in [4.69, 9.17) is 13.9 Å². The zero-order chi connectivity index (χ0) is 24.3. The van der Waals surface area contributed by atoms with E-state index < -0.39 is 22.0 Å². The van der Waals surface area contributed by atoms with Crippen LogP contribution in [0.15, 0.2) is 50.9 Å². The summed E-state index contributed by atoms with van der Waals surface area (Å²) in [5, 5.41) is 10.7. The fourth-order valence-corrected chi connectivity index (χ4v) is 6.02. The summed E-state index contributed by atoms with van der Waals surface area (Å²) in [5.41, 5.74) is 3.03. The van der Waals surface area contributed by atoms with E-state index in [1.165, 1.54) is 15.3 Å². The number of aliphatic hydroxyl groups is 1. The van der Waals surface area contributed by atoms with Crippen molar-refractivity contribution in [2.75, 3.05) is 39.4 Å². The molecule has 1 amide bonds. The molecule has 11 nitrogen and oxygen atoms in total. The third kappa shape index (κ3) is 3.65. The van der Waals surface area contributed by atoms with Crippen molar-refractivity contribution in [3.8, 4) is 11.6 Å². The van der Waals surface area contributed by atoms with E-state index in [-0.39, 0.29) is 37.1 Å². The zero-order valence-corrected chi connectivity index (χ0v) is 19.6. The van der Waals surface area contributed by atoms with E-state index in [9.17, 15) is 18.3 Å². The minimum atomic E-state index is -3.86. The standard InChI is InChI=1S/C23H22N4O7S/c1-13-24-20-16(3-2-4-17(20)34-13)21(28)23(29)26-9-14-11-27(12-15(14)10-26)35(30,31)19-6-5-18-22(25-19)33-8-7-32-18/h2-6,21,28H,7-12H2,1H3/t21-/m0/s1. The minimum Gasteiger partial charge on any atom is -0.484 e. The third-order valence-corrected chi connectivity index (χ3v) is 8.07. The highest BCUT2D eigenvalue weighted by Crippen LogP contribution is 2.34. The molecule has 0 fully saturated rings. The lowest BCUT2D eigenvalue weighted by molar-refractivity contribution is -0.139. The molecular formula is C23H22N4O7S. The molecular weight excluding hydrogens is 476 g/mol. The van der Waals surface area contributed by atoms with Crippen LogP contribution < -0.4 is 9.47 Å². The van der Waals surface area contributed by atoms with Crippen LogP contribution in [0, 0.1) is 6.92 Å². The number of hydrogen-bond donors (Lipinski definition) is 1. The van der Waals surface area contributed by atoms with E-state index in [0.29, 0.717) is 41.5 Å². The van der Waals surface area contributed by atoms with Crippen LogP contribution in [0.1, 0.15) is 17.6 Å². The fourth-order valence-electron chi connectivity index (χ4n) is 4.67.